The molecule has 94 valence electrons. The summed E-state index contributed by atoms with van der Waals surface area (Å²) in [5.41, 5.74) is 0. The van der Waals surface area contributed by atoms with Crippen LogP contribution < -0.4 is 5.32 Å². The summed E-state index contributed by atoms with van der Waals surface area (Å²) >= 11 is 0. The molecule has 2 aliphatic rings. The first kappa shape index (κ1) is 12.4. The molecule has 0 spiro atoms. The van der Waals surface area contributed by atoms with Crippen molar-refractivity contribution in [2.45, 2.75) is 58.5 Å². The lowest BCUT2D eigenvalue weighted by atomic mass is 9.85. The zero-order valence-corrected chi connectivity index (χ0v) is 11.2. The highest BCUT2D eigenvalue weighted by Crippen LogP contribution is 2.27. The quantitative estimate of drug-likeness (QED) is 0.775. The Bertz CT molecular complexity index is 199. The molecule has 0 aromatic carbocycles. The average molecular weight is 224 g/mol. The Morgan fingerprint density at radius 2 is 1.75 bits per heavy atom. The number of nitrogens with zero attached hydrogens (tertiary/aromatic N) is 1. The molecule has 0 bridgehead atoms. The highest BCUT2D eigenvalue weighted by molar-refractivity contribution is 4.85. The van der Waals surface area contributed by atoms with Gasteiger partial charge in [0.1, 0.15) is 0 Å². The fourth-order valence-electron chi connectivity index (χ4n) is 3.25. The van der Waals surface area contributed by atoms with Crippen LogP contribution in [0.3, 0.4) is 0 Å². The summed E-state index contributed by atoms with van der Waals surface area (Å²) in [5, 5.41) is 3.62. The van der Waals surface area contributed by atoms with Crippen LogP contribution in [0, 0.1) is 11.8 Å². The SMILES string of the molecule is CC1CCC(N2CCC(C(C)C)CC2)CN1. The lowest BCUT2D eigenvalue weighted by Gasteiger charge is -2.41. The molecule has 0 aliphatic carbocycles. The third-order valence-electron chi connectivity index (χ3n) is 4.67. The van der Waals surface area contributed by atoms with Gasteiger partial charge in [-0.2, -0.15) is 0 Å². The summed E-state index contributed by atoms with van der Waals surface area (Å²) < 4.78 is 0. The summed E-state index contributed by atoms with van der Waals surface area (Å²) in [6.45, 7) is 11.0. The number of hydrogen-bond acceptors (Lipinski definition) is 2. The van der Waals surface area contributed by atoms with Crippen LogP contribution in [0.2, 0.25) is 0 Å². The van der Waals surface area contributed by atoms with Crippen LogP contribution in [0.15, 0.2) is 0 Å². The van der Waals surface area contributed by atoms with Gasteiger partial charge in [-0.1, -0.05) is 13.8 Å². The molecule has 2 nitrogen and oxygen atoms in total. The number of piperidine rings is 2. The third kappa shape index (κ3) is 2.98. The van der Waals surface area contributed by atoms with Gasteiger partial charge in [0.2, 0.25) is 0 Å². The maximum atomic E-state index is 3.62. The summed E-state index contributed by atoms with van der Waals surface area (Å²) in [4.78, 5) is 2.73. The van der Waals surface area contributed by atoms with Crippen molar-refractivity contribution in [1.82, 2.24) is 10.2 Å². The molecular formula is C14H28N2. The van der Waals surface area contributed by atoms with Crippen LogP contribution in [0.4, 0.5) is 0 Å². The summed E-state index contributed by atoms with van der Waals surface area (Å²) in [5.74, 6) is 1.86. The number of rotatable bonds is 2. The van der Waals surface area contributed by atoms with Crippen molar-refractivity contribution in [3.05, 3.63) is 0 Å². The molecule has 0 aromatic heterocycles. The topological polar surface area (TPSA) is 15.3 Å². The van der Waals surface area contributed by atoms with Crippen molar-refractivity contribution >= 4 is 0 Å². The average Bonchev–Trinajstić information content (AvgIpc) is 2.30. The first-order chi connectivity index (χ1) is 7.66. The standard InChI is InChI=1S/C14H28N2/c1-11(2)13-6-8-16(9-7-13)14-5-4-12(3)15-10-14/h11-15H,4-10H2,1-3H3. The van der Waals surface area contributed by atoms with E-state index in [1.54, 1.807) is 0 Å². The maximum absolute atomic E-state index is 3.62. The maximum Gasteiger partial charge on any atom is 0.0221 e. The van der Waals surface area contributed by atoms with Crippen LogP contribution in [-0.2, 0) is 0 Å². The highest BCUT2D eigenvalue weighted by atomic mass is 15.2. The Labute approximate surface area is 101 Å². The van der Waals surface area contributed by atoms with E-state index in [0.717, 1.165) is 23.9 Å². The Kier molecular flexibility index (Phi) is 4.26. The van der Waals surface area contributed by atoms with Gasteiger partial charge in [0.05, 0.1) is 0 Å². The Morgan fingerprint density at radius 1 is 1.06 bits per heavy atom. The molecule has 2 heterocycles. The minimum Gasteiger partial charge on any atom is -0.313 e. The molecule has 16 heavy (non-hydrogen) atoms. The van der Waals surface area contributed by atoms with Crippen LogP contribution in [-0.4, -0.2) is 36.6 Å². The van der Waals surface area contributed by atoms with Crippen molar-refractivity contribution < 1.29 is 0 Å². The van der Waals surface area contributed by atoms with Crippen molar-refractivity contribution in [3.8, 4) is 0 Å². The second-order valence-electron chi connectivity index (χ2n) is 6.16. The van der Waals surface area contributed by atoms with Gasteiger partial charge in [0.15, 0.2) is 0 Å². The smallest absolute Gasteiger partial charge is 0.0221 e. The van der Waals surface area contributed by atoms with Gasteiger partial charge in [0, 0.05) is 18.6 Å². The molecule has 0 aromatic rings. The lowest BCUT2D eigenvalue weighted by Crippen LogP contribution is -2.51. The zero-order valence-electron chi connectivity index (χ0n) is 11.2. The summed E-state index contributed by atoms with van der Waals surface area (Å²) in [6.07, 6.45) is 5.60. The lowest BCUT2D eigenvalue weighted by molar-refractivity contribution is 0.0939. The van der Waals surface area contributed by atoms with Gasteiger partial charge >= 0.3 is 0 Å². The number of hydrogen-bond donors (Lipinski definition) is 1. The van der Waals surface area contributed by atoms with Crippen molar-refractivity contribution in [1.29, 1.82) is 0 Å². The molecule has 2 heteroatoms. The van der Waals surface area contributed by atoms with Gasteiger partial charge in [-0.05, 0) is 57.5 Å². The van der Waals surface area contributed by atoms with E-state index in [2.05, 4.69) is 31.0 Å². The molecule has 2 saturated heterocycles. The fraction of sp³-hybridized carbons (Fsp3) is 1.00. The molecule has 2 unspecified atom stereocenters. The van der Waals surface area contributed by atoms with E-state index in [-0.39, 0.29) is 0 Å². The molecule has 0 amide bonds. The van der Waals surface area contributed by atoms with E-state index in [1.165, 1.54) is 45.3 Å². The highest BCUT2D eigenvalue weighted by Gasteiger charge is 2.28. The molecule has 2 aliphatic heterocycles. The second kappa shape index (κ2) is 5.50. The minimum absolute atomic E-state index is 0.740. The largest absolute Gasteiger partial charge is 0.313 e. The van der Waals surface area contributed by atoms with Crippen molar-refractivity contribution in [2.24, 2.45) is 11.8 Å². The fourth-order valence-corrected chi connectivity index (χ4v) is 3.25. The van der Waals surface area contributed by atoms with Crippen molar-refractivity contribution in [2.75, 3.05) is 19.6 Å². The van der Waals surface area contributed by atoms with Crippen LogP contribution in [0.25, 0.3) is 0 Å². The molecule has 2 rings (SSSR count). The Balaban J connectivity index is 1.76. The molecule has 0 saturated carbocycles. The van der Waals surface area contributed by atoms with E-state index in [9.17, 15) is 0 Å². The first-order valence-electron chi connectivity index (χ1n) is 7.14. The normalized spacial score (nSPS) is 34.5. The predicted octanol–water partition coefficient (Wildman–Crippen LogP) is 2.49. The molecule has 0 radical (unpaired) electrons. The third-order valence-corrected chi connectivity index (χ3v) is 4.67. The zero-order chi connectivity index (χ0) is 11.5. The molecular weight excluding hydrogens is 196 g/mol. The molecule has 1 N–H and O–H groups in total. The molecule has 2 fully saturated rings. The van der Waals surface area contributed by atoms with E-state index >= 15 is 0 Å². The Morgan fingerprint density at radius 3 is 2.25 bits per heavy atom. The second-order valence-corrected chi connectivity index (χ2v) is 6.16. The van der Waals surface area contributed by atoms with E-state index in [0.29, 0.717) is 0 Å². The first-order valence-corrected chi connectivity index (χ1v) is 7.14. The van der Waals surface area contributed by atoms with E-state index in [4.69, 9.17) is 0 Å². The van der Waals surface area contributed by atoms with Gasteiger partial charge in [-0.3, -0.25) is 4.90 Å². The minimum atomic E-state index is 0.740. The number of nitrogens with one attached hydrogen (secondary N) is 1. The van der Waals surface area contributed by atoms with Crippen LogP contribution in [0.5, 0.6) is 0 Å². The monoisotopic (exact) mass is 224 g/mol. The molecule has 2 atom stereocenters. The van der Waals surface area contributed by atoms with Crippen LogP contribution in [0.1, 0.15) is 46.5 Å². The van der Waals surface area contributed by atoms with Crippen molar-refractivity contribution in [3.63, 3.8) is 0 Å². The van der Waals surface area contributed by atoms with Gasteiger partial charge < -0.3 is 5.32 Å². The predicted molar refractivity (Wildman–Crippen MR) is 69.6 cm³/mol. The van der Waals surface area contributed by atoms with E-state index < -0.39 is 0 Å². The van der Waals surface area contributed by atoms with Crippen LogP contribution >= 0.6 is 0 Å². The van der Waals surface area contributed by atoms with Gasteiger partial charge in [-0.15, -0.1) is 0 Å². The van der Waals surface area contributed by atoms with Gasteiger partial charge in [0.25, 0.3) is 0 Å². The van der Waals surface area contributed by atoms with E-state index in [1.807, 2.05) is 0 Å². The van der Waals surface area contributed by atoms with Gasteiger partial charge in [-0.25, -0.2) is 0 Å². The Hall–Kier alpha value is -0.0800. The summed E-state index contributed by atoms with van der Waals surface area (Å²) in [7, 11) is 0. The number of likely N-dealkylation sites (tertiary alicyclic amines) is 1. The summed E-state index contributed by atoms with van der Waals surface area (Å²) in [6, 6.07) is 1.56.